The number of carbonyl (C=O) groups is 1. The maximum atomic E-state index is 12.2. The zero-order valence-corrected chi connectivity index (χ0v) is 11.6. The molecule has 20 heavy (non-hydrogen) atoms. The molecule has 0 bridgehead atoms. The van der Waals surface area contributed by atoms with Crippen LogP contribution >= 0.6 is 0 Å². The van der Waals surface area contributed by atoms with Crippen molar-refractivity contribution in [2.45, 2.75) is 19.4 Å². The predicted molar refractivity (Wildman–Crippen MR) is 72.6 cm³/mol. The molecule has 1 aromatic carbocycles. The number of hydrogen-bond acceptors (Lipinski definition) is 4. The van der Waals surface area contributed by atoms with Crippen molar-refractivity contribution in [3.05, 3.63) is 23.8 Å². The Morgan fingerprint density at radius 3 is 3.00 bits per heavy atom. The number of hydrogen-bond donors (Lipinski definition) is 0. The van der Waals surface area contributed by atoms with Gasteiger partial charge < -0.3 is 19.1 Å². The molecule has 3 rings (SSSR count). The summed E-state index contributed by atoms with van der Waals surface area (Å²) in [4.78, 5) is 13.9. The number of carbonyl (C=O) groups excluding carboxylic acids is 1. The molecule has 1 amide bonds. The van der Waals surface area contributed by atoms with Crippen LogP contribution in [0.2, 0.25) is 0 Å². The molecule has 2 aliphatic heterocycles. The van der Waals surface area contributed by atoms with E-state index in [1.165, 1.54) is 0 Å². The van der Waals surface area contributed by atoms with E-state index in [1.807, 2.05) is 25.2 Å². The summed E-state index contributed by atoms with van der Waals surface area (Å²) in [6.45, 7) is 2.35. The smallest absolute Gasteiger partial charge is 0.231 e. The van der Waals surface area contributed by atoms with E-state index in [4.69, 9.17) is 14.2 Å². The molecule has 1 aromatic rings. The molecule has 1 saturated heterocycles. The zero-order chi connectivity index (χ0) is 13.9. The minimum atomic E-state index is 0.165. The number of ether oxygens (including phenoxy) is 3. The Balaban J connectivity index is 1.57. The molecular formula is C15H19NO4. The Hall–Kier alpha value is -1.75. The van der Waals surface area contributed by atoms with Gasteiger partial charge in [-0.05, 0) is 30.0 Å². The summed E-state index contributed by atoms with van der Waals surface area (Å²) >= 11 is 0. The molecule has 1 fully saturated rings. The molecule has 2 aliphatic rings. The average molecular weight is 277 g/mol. The Bertz CT molecular complexity index is 497. The lowest BCUT2D eigenvalue weighted by atomic mass is 10.0. The van der Waals surface area contributed by atoms with E-state index >= 15 is 0 Å². The number of benzene rings is 1. The summed E-state index contributed by atoms with van der Waals surface area (Å²) in [6.07, 6.45) is 1.56. The minimum absolute atomic E-state index is 0.165. The third kappa shape index (κ3) is 2.88. The molecule has 108 valence electrons. The van der Waals surface area contributed by atoms with Crippen LogP contribution < -0.4 is 9.47 Å². The second-order valence-electron chi connectivity index (χ2n) is 5.37. The largest absolute Gasteiger partial charge is 0.454 e. The highest BCUT2D eigenvalue weighted by molar-refractivity contribution is 5.76. The molecule has 0 saturated carbocycles. The zero-order valence-electron chi connectivity index (χ0n) is 11.6. The fraction of sp³-hybridized carbons (Fsp3) is 0.533. The van der Waals surface area contributed by atoms with Crippen molar-refractivity contribution in [3.63, 3.8) is 0 Å². The Kier molecular flexibility index (Phi) is 3.78. The van der Waals surface area contributed by atoms with Crippen molar-refractivity contribution in [2.24, 2.45) is 5.92 Å². The van der Waals surface area contributed by atoms with Crippen molar-refractivity contribution in [1.82, 2.24) is 4.90 Å². The van der Waals surface area contributed by atoms with Crippen molar-refractivity contribution < 1.29 is 19.0 Å². The summed E-state index contributed by atoms with van der Waals surface area (Å²) in [6, 6.07) is 5.79. The first-order chi connectivity index (χ1) is 9.72. The van der Waals surface area contributed by atoms with Gasteiger partial charge in [-0.1, -0.05) is 6.07 Å². The summed E-state index contributed by atoms with van der Waals surface area (Å²) in [7, 11) is 1.84. The third-order valence-electron chi connectivity index (χ3n) is 3.77. The molecule has 1 atom stereocenters. The Morgan fingerprint density at radius 2 is 2.20 bits per heavy atom. The molecule has 0 unspecified atom stereocenters. The summed E-state index contributed by atoms with van der Waals surface area (Å²) in [5.41, 5.74) is 1.05. The first-order valence-corrected chi connectivity index (χ1v) is 6.92. The van der Waals surface area contributed by atoms with Gasteiger partial charge in [0, 0.05) is 33.2 Å². The third-order valence-corrected chi connectivity index (χ3v) is 3.77. The number of nitrogens with zero attached hydrogens (tertiary/aromatic N) is 1. The molecule has 0 spiro atoms. The minimum Gasteiger partial charge on any atom is -0.454 e. The molecule has 2 heterocycles. The monoisotopic (exact) mass is 277 g/mol. The van der Waals surface area contributed by atoms with Crippen LogP contribution in [0, 0.1) is 5.92 Å². The van der Waals surface area contributed by atoms with Gasteiger partial charge in [0.25, 0.3) is 0 Å². The van der Waals surface area contributed by atoms with Crippen LogP contribution in [-0.2, 0) is 16.1 Å². The highest BCUT2D eigenvalue weighted by Crippen LogP contribution is 2.32. The van der Waals surface area contributed by atoms with Crippen LogP contribution in [0.4, 0.5) is 0 Å². The van der Waals surface area contributed by atoms with Crippen LogP contribution in [0.1, 0.15) is 18.4 Å². The molecule has 0 aliphatic carbocycles. The van der Waals surface area contributed by atoms with Crippen LogP contribution in [0.5, 0.6) is 11.5 Å². The van der Waals surface area contributed by atoms with Gasteiger partial charge in [0.2, 0.25) is 12.7 Å². The van der Waals surface area contributed by atoms with E-state index in [0.717, 1.165) is 30.1 Å². The molecule has 5 heteroatoms. The Morgan fingerprint density at radius 1 is 1.35 bits per heavy atom. The van der Waals surface area contributed by atoms with Crippen molar-refractivity contribution in [3.8, 4) is 11.5 Å². The van der Waals surface area contributed by atoms with Gasteiger partial charge in [-0.15, -0.1) is 0 Å². The summed E-state index contributed by atoms with van der Waals surface area (Å²) in [5, 5.41) is 0. The van der Waals surface area contributed by atoms with E-state index in [-0.39, 0.29) is 12.7 Å². The average Bonchev–Trinajstić information content (AvgIpc) is 3.08. The number of amides is 1. The maximum Gasteiger partial charge on any atom is 0.231 e. The maximum absolute atomic E-state index is 12.2. The van der Waals surface area contributed by atoms with Gasteiger partial charge in [0.05, 0.1) is 0 Å². The van der Waals surface area contributed by atoms with E-state index in [0.29, 0.717) is 25.5 Å². The molecule has 0 aromatic heterocycles. The van der Waals surface area contributed by atoms with E-state index in [2.05, 4.69) is 0 Å². The summed E-state index contributed by atoms with van der Waals surface area (Å²) < 4.78 is 15.9. The molecule has 0 N–H and O–H groups in total. The van der Waals surface area contributed by atoms with Crippen LogP contribution in [0.25, 0.3) is 0 Å². The first kappa shape index (κ1) is 13.2. The van der Waals surface area contributed by atoms with Crippen LogP contribution in [0.3, 0.4) is 0 Å². The lowest BCUT2D eigenvalue weighted by Gasteiger charge is -2.19. The predicted octanol–water partition coefficient (Wildman–Crippen LogP) is 1.80. The molecular weight excluding hydrogens is 258 g/mol. The van der Waals surface area contributed by atoms with Gasteiger partial charge in [0.1, 0.15) is 0 Å². The highest BCUT2D eigenvalue weighted by atomic mass is 16.7. The molecule has 0 radical (unpaired) electrons. The van der Waals surface area contributed by atoms with Crippen molar-refractivity contribution in [1.29, 1.82) is 0 Å². The fourth-order valence-corrected chi connectivity index (χ4v) is 2.55. The van der Waals surface area contributed by atoms with E-state index < -0.39 is 0 Å². The fourth-order valence-electron chi connectivity index (χ4n) is 2.55. The van der Waals surface area contributed by atoms with Gasteiger partial charge in [-0.3, -0.25) is 4.79 Å². The Labute approximate surface area is 118 Å². The lowest BCUT2D eigenvalue weighted by Crippen LogP contribution is -2.28. The van der Waals surface area contributed by atoms with Crippen LogP contribution in [-0.4, -0.2) is 37.9 Å². The van der Waals surface area contributed by atoms with Crippen molar-refractivity contribution in [2.75, 3.05) is 27.1 Å². The summed E-state index contributed by atoms with van der Waals surface area (Å²) in [5.74, 6) is 2.07. The highest BCUT2D eigenvalue weighted by Gasteiger charge is 2.21. The topological polar surface area (TPSA) is 48.0 Å². The standard InChI is InChI=1S/C15H19NO4/c1-16(15(17)7-12-4-5-18-9-12)8-11-2-3-13-14(6-11)20-10-19-13/h2-3,6,12H,4-5,7-10H2,1H3/t12-/m1/s1. The van der Waals surface area contributed by atoms with Crippen molar-refractivity contribution >= 4 is 5.91 Å². The number of rotatable bonds is 4. The van der Waals surface area contributed by atoms with Crippen LogP contribution in [0.15, 0.2) is 18.2 Å². The molecule has 5 nitrogen and oxygen atoms in total. The van der Waals surface area contributed by atoms with Gasteiger partial charge in [-0.2, -0.15) is 0 Å². The quantitative estimate of drug-likeness (QED) is 0.842. The lowest BCUT2D eigenvalue weighted by molar-refractivity contribution is -0.131. The van der Waals surface area contributed by atoms with Gasteiger partial charge in [0.15, 0.2) is 11.5 Å². The number of fused-ring (bicyclic) bond motifs is 1. The van der Waals surface area contributed by atoms with E-state index in [1.54, 1.807) is 4.90 Å². The normalized spacial score (nSPS) is 20.1. The SMILES string of the molecule is CN(Cc1ccc2c(c1)OCO2)C(=O)C[C@H]1CCOC1. The second-order valence-corrected chi connectivity index (χ2v) is 5.37. The first-order valence-electron chi connectivity index (χ1n) is 6.92. The second kappa shape index (κ2) is 5.71. The van der Waals surface area contributed by atoms with Gasteiger partial charge in [-0.25, -0.2) is 0 Å². The van der Waals surface area contributed by atoms with Gasteiger partial charge >= 0.3 is 0 Å². The van der Waals surface area contributed by atoms with E-state index in [9.17, 15) is 4.79 Å².